The number of sulfone groups is 1. The van der Waals surface area contributed by atoms with E-state index in [1.807, 2.05) is 12.1 Å². The van der Waals surface area contributed by atoms with E-state index in [9.17, 15) is 8.42 Å². The zero-order valence-corrected chi connectivity index (χ0v) is 13.3. The molecule has 3 heterocycles. The number of nitrogens with zero attached hydrogens (tertiary/aromatic N) is 3. The first-order valence-corrected chi connectivity index (χ1v) is 9.07. The zero-order valence-electron chi connectivity index (χ0n) is 12.5. The quantitative estimate of drug-likeness (QED) is 0.848. The second-order valence-electron chi connectivity index (χ2n) is 5.47. The molecule has 0 radical (unpaired) electrons. The number of piperazine rings is 1. The lowest BCUT2D eigenvalue weighted by atomic mass is 10.3. The summed E-state index contributed by atoms with van der Waals surface area (Å²) in [5.41, 5.74) is 0. The summed E-state index contributed by atoms with van der Waals surface area (Å²) in [6.45, 7) is 4.41. The summed E-state index contributed by atoms with van der Waals surface area (Å²) in [5.74, 6) is 1.80. The molecule has 0 N–H and O–H groups in total. The minimum atomic E-state index is -3.19. The molecule has 0 bridgehead atoms. The van der Waals surface area contributed by atoms with Crippen molar-refractivity contribution in [3.8, 4) is 0 Å². The van der Waals surface area contributed by atoms with Gasteiger partial charge < -0.3 is 9.32 Å². The number of hydrogen-bond donors (Lipinski definition) is 0. The lowest BCUT2D eigenvalue weighted by molar-refractivity contribution is 0.230. The Morgan fingerprint density at radius 3 is 2.50 bits per heavy atom. The van der Waals surface area contributed by atoms with Crippen molar-refractivity contribution in [1.82, 2.24) is 9.88 Å². The van der Waals surface area contributed by atoms with E-state index in [0.29, 0.717) is 0 Å². The van der Waals surface area contributed by atoms with Gasteiger partial charge >= 0.3 is 0 Å². The Bertz CT molecular complexity index is 703. The molecule has 0 amide bonds. The monoisotopic (exact) mass is 321 g/mol. The molecule has 118 valence electrons. The van der Waals surface area contributed by atoms with Gasteiger partial charge in [-0.25, -0.2) is 13.4 Å². The molecular formula is C15H19N3O3S. The summed E-state index contributed by atoms with van der Waals surface area (Å²) in [5, 5.41) is 0. The molecule has 0 unspecified atom stereocenters. The SMILES string of the molecule is CS(=O)(=O)c1ccc(N2CCN(Cc3ccco3)CC2)nc1. The van der Waals surface area contributed by atoms with Crippen molar-refractivity contribution in [2.75, 3.05) is 37.3 Å². The van der Waals surface area contributed by atoms with Crippen molar-refractivity contribution >= 4 is 15.7 Å². The summed E-state index contributed by atoms with van der Waals surface area (Å²) >= 11 is 0. The lowest BCUT2D eigenvalue weighted by Crippen LogP contribution is -2.46. The van der Waals surface area contributed by atoms with Crippen LogP contribution >= 0.6 is 0 Å². The van der Waals surface area contributed by atoms with Crippen LogP contribution in [-0.4, -0.2) is 50.7 Å². The van der Waals surface area contributed by atoms with Crippen LogP contribution < -0.4 is 4.90 Å². The molecule has 0 atom stereocenters. The summed E-state index contributed by atoms with van der Waals surface area (Å²) in [6, 6.07) is 7.28. The molecule has 1 fully saturated rings. The molecule has 2 aromatic rings. The van der Waals surface area contributed by atoms with E-state index in [-0.39, 0.29) is 4.90 Å². The van der Waals surface area contributed by atoms with Crippen LogP contribution in [0.15, 0.2) is 46.0 Å². The van der Waals surface area contributed by atoms with E-state index in [2.05, 4.69) is 14.8 Å². The number of furan rings is 1. The van der Waals surface area contributed by atoms with Crippen LogP contribution in [0.25, 0.3) is 0 Å². The summed E-state index contributed by atoms with van der Waals surface area (Å²) in [7, 11) is -3.19. The fourth-order valence-corrected chi connectivity index (χ4v) is 3.10. The largest absolute Gasteiger partial charge is 0.468 e. The standard InChI is InChI=1S/C15H19N3O3S/c1-22(19,20)14-4-5-15(16-11-14)18-8-6-17(7-9-18)12-13-3-2-10-21-13/h2-5,10-11H,6-9,12H2,1H3. The molecule has 1 aliphatic rings. The maximum Gasteiger partial charge on any atom is 0.177 e. The molecule has 1 aliphatic heterocycles. The van der Waals surface area contributed by atoms with Gasteiger partial charge in [-0.1, -0.05) is 0 Å². The third-order valence-electron chi connectivity index (χ3n) is 3.80. The van der Waals surface area contributed by atoms with Crippen LogP contribution in [-0.2, 0) is 16.4 Å². The Labute approximate surface area is 130 Å². The molecule has 3 rings (SSSR count). The molecule has 2 aromatic heterocycles. The number of hydrogen-bond acceptors (Lipinski definition) is 6. The first kappa shape index (κ1) is 15.1. The normalized spacial score (nSPS) is 16.9. The Morgan fingerprint density at radius 1 is 1.18 bits per heavy atom. The number of pyridine rings is 1. The van der Waals surface area contributed by atoms with Crippen molar-refractivity contribution in [3.63, 3.8) is 0 Å². The van der Waals surface area contributed by atoms with E-state index in [4.69, 9.17) is 4.42 Å². The number of rotatable bonds is 4. The summed E-state index contributed by atoms with van der Waals surface area (Å²) < 4.78 is 28.3. The summed E-state index contributed by atoms with van der Waals surface area (Å²) in [6.07, 6.45) is 4.32. The third-order valence-corrected chi connectivity index (χ3v) is 4.90. The fourth-order valence-electron chi connectivity index (χ4n) is 2.54. The minimum absolute atomic E-state index is 0.257. The third kappa shape index (κ3) is 3.48. The molecule has 0 aromatic carbocycles. The topological polar surface area (TPSA) is 66.7 Å². The highest BCUT2D eigenvalue weighted by Gasteiger charge is 2.19. The molecule has 0 aliphatic carbocycles. The van der Waals surface area contributed by atoms with Gasteiger partial charge in [-0.15, -0.1) is 0 Å². The molecule has 6 nitrogen and oxygen atoms in total. The van der Waals surface area contributed by atoms with Crippen molar-refractivity contribution in [1.29, 1.82) is 0 Å². The molecule has 7 heteroatoms. The van der Waals surface area contributed by atoms with Gasteiger partial charge in [0.25, 0.3) is 0 Å². The predicted octanol–water partition coefficient (Wildman–Crippen LogP) is 1.40. The highest BCUT2D eigenvalue weighted by atomic mass is 32.2. The van der Waals surface area contributed by atoms with Gasteiger partial charge in [0.2, 0.25) is 0 Å². The van der Waals surface area contributed by atoms with Crippen molar-refractivity contribution in [2.24, 2.45) is 0 Å². The minimum Gasteiger partial charge on any atom is -0.468 e. The fraction of sp³-hybridized carbons (Fsp3) is 0.400. The second kappa shape index (κ2) is 6.10. The average molecular weight is 321 g/mol. The number of anilines is 1. The van der Waals surface area contributed by atoms with E-state index in [1.165, 1.54) is 12.5 Å². The zero-order chi connectivity index (χ0) is 15.6. The highest BCUT2D eigenvalue weighted by Crippen LogP contribution is 2.17. The molecule has 0 spiro atoms. The van der Waals surface area contributed by atoms with E-state index in [0.717, 1.165) is 44.3 Å². The van der Waals surface area contributed by atoms with E-state index in [1.54, 1.807) is 18.4 Å². The Hall–Kier alpha value is -1.86. The maximum absolute atomic E-state index is 11.4. The van der Waals surface area contributed by atoms with Crippen LogP contribution in [0.5, 0.6) is 0 Å². The Morgan fingerprint density at radius 2 is 1.95 bits per heavy atom. The second-order valence-corrected chi connectivity index (χ2v) is 7.48. The van der Waals surface area contributed by atoms with Gasteiger partial charge in [-0.3, -0.25) is 4.90 Å². The molecule has 22 heavy (non-hydrogen) atoms. The Kier molecular flexibility index (Phi) is 4.17. The smallest absolute Gasteiger partial charge is 0.177 e. The average Bonchev–Trinajstić information content (AvgIpc) is 3.00. The van der Waals surface area contributed by atoms with Crippen LogP contribution in [0.2, 0.25) is 0 Å². The van der Waals surface area contributed by atoms with Crippen LogP contribution in [0.3, 0.4) is 0 Å². The number of aromatic nitrogens is 1. The van der Waals surface area contributed by atoms with Crippen molar-refractivity contribution in [3.05, 3.63) is 42.5 Å². The van der Waals surface area contributed by atoms with Crippen LogP contribution in [0, 0.1) is 0 Å². The molecular weight excluding hydrogens is 302 g/mol. The van der Waals surface area contributed by atoms with Crippen molar-refractivity contribution in [2.45, 2.75) is 11.4 Å². The van der Waals surface area contributed by atoms with Gasteiger partial charge in [0.05, 0.1) is 17.7 Å². The van der Waals surface area contributed by atoms with Gasteiger partial charge in [-0.2, -0.15) is 0 Å². The van der Waals surface area contributed by atoms with Crippen molar-refractivity contribution < 1.29 is 12.8 Å². The van der Waals surface area contributed by atoms with E-state index < -0.39 is 9.84 Å². The summed E-state index contributed by atoms with van der Waals surface area (Å²) in [4.78, 5) is 9.04. The van der Waals surface area contributed by atoms with Gasteiger partial charge in [-0.05, 0) is 24.3 Å². The van der Waals surface area contributed by atoms with Gasteiger partial charge in [0.15, 0.2) is 9.84 Å². The van der Waals surface area contributed by atoms with Crippen LogP contribution in [0.1, 0.15) is 5.76 Å². The lowest BCUT2D eigenvalue weighted by Gasteiger charge is -2.34. The predicted molar refractivity (Wildman–Crippen MR) is 83.5 cm³/mol. The molecule has 0 saturated carbocycles. The van der Waals surface area contributed by atoms with E-state index >= 15 is 0 Å². The van der Waals surface area contributed by atoms with Crippen LogP contribution in [0.4, 0.5) is 5.82 Å². The van der Waals surface area contributed by atoms with Gasteiger partial charge in [0.1, 0.15) is 11.6 Å². The first-order chi connectivity index (χ1) is 10.5. The van der Waals surface area contributed by atoms with Gasteiger partial charge in [0, 0.05) is 38.6 Å². The Balaban J connectivity index is 1.59. The highest BCUT2D eigenvalue weighted by molar-refractivity contribution is 7.90. The maximum atomic E-state index is 11.4. The first-order valence-electron chi connectivity index (χ1n) is 7.18. The molecule has 1 saturated heterocycles.